The zero-order valence-electron chi connectivity index (χ0n) is 15.7. The van der Waals surface area contributed by atoms with Gasteiger partial charge in [0.25, 0.3) is 0 Å². The molecule has 3 aromatic rings. The fourth-order valence-electron chi connectivity index (χ4n) is 3.35. The van der Waals surface area contributed by atoms with E-state index in [2.05, 4.69) is 72.0 Å². The molecule has 3 heterocycles. The summed E-state index contributed by atoms with van der Waals surface area (Å²) in [6, 6.07) is 10.7. The Balaban J connectivity index is 2.04. The number of rotatable bonds is 3. The molecule has 2 aromatic heterocycles. The summed E-state index contributed by atoms with van der Waals surface area (Å²) < 4.78 is 2.17. The molecule has 1 atom stereocenters. The Morgan fingerprint density at radius 1 is 1.08 bits per heavy atom. The Kier molecular flexibility index (Phi) is 4.25. The second-order valence-electron chi connectivity index (χ2n) is 6.97. The number of thiophene rings is 1. The molecule has 6 heteroatoms. The van der Waals surface area contributed by atoms with Crippen LogP contribution in [-0.2, 0) is 0 Å². The second kappa shape index (κ2) is 6.45. The number of nitrogens with zero attached hydrogens (tertiary/aromatic N) is 4. The minimum absolute atomic E-state index is 0.231. The van der Waals surface area contributed by atoms with Gasteiger partial charge in [-0.3, -0.25) is 14.9 Å². The number of aliphatic imine (C=N–C) groups is 1. The van der Waals surface area contributed by atoms with E-state index in [1.807, 2.05) is 13.0 Å². The molecule has 0 radical (unpaired) electrons. The molecule has 134 valence electrons. The van der Waals surface area contributed by atoms with E-state index >= 15 is 0 Å². The highest BCUT2D eigenvalue weighted by atomic mass is 32.1. The van der Waals surface area contributed by atoms with Gasteiger partial charge in [-0.2, -0.15) is 0 Å². The summed E-state index contributed by atoms with van der Waals surface area (Å²) >= 11 is 1.79. The largest absolute Gasteiger partial charge is 0.287 e. The van der Waals surface area contributed by atoms with Crippen molar-refractivity contribution < 1.29 is 0 Å². The van der Waals surface area contributed by atoms with Gasteiger partial charge in [0, 0.05) is 22.0 Å². The number of aryl methyl sites for hydroxylation is 2. The zero-order chi connectivity index (χ0) is 18.4. The maximum Gasteiger partial charge on any atom is 0.178 e. The van der Waals surface area contributed by atoms with Crippen molar-refractivity contribution in [3.63, 3.8) is 0 Å². The molecule has 26 heavy (non-hydrogen) atoms. The van der Waals surface area contributed by atoms with Gasteiger partial charge in [0.2, 0.25) is 0 Å². The summed E-state index contributed by atoms with van der Waals surface area (Å²) in [4.78, 5) is 6.44. The average Bonchev–Trinajstić information content (AvgIpc) is 3.08. The lowest BCUT2D eigenvalue weighted by Crippen LogP contribution is -2.29. The summed E-state index contributed by atoms with van der Waals surface area (Å²) in [6.07, 6.45) is -0.231. The third kappa shape index (κ3) is 2.70. The second-order valence-corrected chi connectivity index (χ2v) is 8.18. The summed E-state index contributed by atoms with van der Waals surface area (Å²) in [5, 5.41) is 13.5. The number of hydrogen-bond acceptors (Lipinski definition) is 5. The van der Waals surface area contributed by atoms with Crippen LogP contribution in [0.5, 0.6) is 0 Å². The normalized spacial score (nSPS) is 16.2. The maximum atomic E-state index is 5.14. The minimum atomic E-state index is -0.231. The van der Waals surface area contributed by atoms with Crippen LogP contribution in [0.15, 0.2) is 35.3 Å². The van der Waals surface area contributed by atoms with Crippen molar-refractivity contribution in [2.24, 2.45) is 4.99 Å². The molecule has 1 aliphatic rings. The van der Waals surface area contributed by atoms with Crippen LogP contribution >= 0.6 is 11.3 Å². The molecule has 0 spiro atoms. The van der Waals surface area contributed by atoms with E-state index in [4.69, 9.17) is 4.99 Å². The first-order chi connectivity index (χ1) is 12.5. The molecular formula is C20H23N5S. The van der Waals surface area contributed by atoms with Crippen LogP contribution in [0.1, 0.15) is 53.2 Å². The van der Waals surface area contributed by atoms with E-state index in [0.29, 0.717) is 0 Å². The van der Waals surface area contributed by atoms with E-state index in [1.165, 1.54) is 16.0 Å². The molecule has 1 aromatic carbocycles. The van der Waals surface area contributed by atoms with Crippen LogP contribution in [-0.4, -0.2) is 26.5 Å². The van der Waals surface area contributed by atoms with Gasteiger partial charge < -0.3 is 0 Å². The Labute approximate surface area is 157 Å². The van der Waals surface area contributed by atoms with Crippen molar-refractivity contribution in [2.45, 2.75) is 46.8 Å². The average molecular weight is 366 g/mol. The molecule has 1 aliphatic heterocycles. The summed E-state index contributed by atoms with van der Waals surface area (Å²) in [6.45, 7) is 10.6. The van der Waals surface area contributed by atoms with Crippen LogP contribution in [0.3, 0.4) is 0 Å². The molecule has 0 fully saturated rings. The van der Waals surface area contributed by atoms with Crippen molar-refractivity contribution in [2.75, 3.05) is 0 Å². The van der Waals surface area contributed by atoms with E-state index in [1.54, 1.807) is 11.3 Å². The van der Waals surface area contributed by atoms with Crippen molar-refractivity contribution in [1.29, 1.82) is 0 Å². The van der Waals surface area contributed by atoms with Crippen LogP contribution in [0.4, 0.5) is 0 Å². The van der Waals surface area contributed by atoms with Crippen molar-refractivity contribution in [1.82, 2.24) is 20.1 Å². The topological polar surface area (TPSA) is 55.1 Å². The highest BCUT2D eigenvalue weighted by Crippen LogP contribution is 2.38. The minimum Gasteiger partial charge on any atom is -0.287 e. The predicted molar refractivity (Wildman–Crippen MR) is 107 cm³/mol. The summed E-state index contributed by atoms with van der Waals surface area (Å²) in [5.41, 5.74) is 4.61. The monoisotopic (exact) mass is 365 g/mol. The van der Waals surface area contributed by atoms with E-state index < -0.39 is 0 Å². The summed E-state index contributed by atoms with van der Waals surface area (Å²) in [5.74, 6) is 1.74. The van der Waals surface area contributed by atoms with Crippen LogP contribution in [0.2, 0.25) is 0 Å². The van der Waals surface area contributed by atoms with E-state index in [9.17, 15) is 0 Å². The molecule has 0 aliphatic carbocycles. The van der Waals surface area contributed by atoms with Gasteiger partial charge in [0.05, 0.1) is 5.71 Å². The van der Waals surface area contributed by atoms with Gasteiger partial charge in [-0.25, -0.2) is 0 Å². The van der Waals surface area contributed by atoms with Gasteiger partial charge in [0.1, 0.15) is 10.8 Å². The Bertz CT molecular complexity index is 981. The van der Waals surface area contributed by atoms with Crippen molar-refractivity contribution in [3.05, 3.63) is 63.5 Å². The first-order valence-electron chi connectivity index (χ1n) is 8.89. The quantitative estimate of drug-likeness (QED) is 0.760. The molecule has 4 rings (SSSR count). The van der Waals surface area contributed by atoms with E-state index in [-0.39, 0.29) is 12.2 Å². The van der Waals surface area contributed by atoms with Gasteiger partial charge >= 0.3 is 0 Å². The predicted octanol–water partition coefficient (Wildman–Crippen LogP) is 4.10. The Morgan fingerprint density at radius 3 is 2.50 bits per heavy atom. The lowest BCUT2D eigenvalue weighted by molar-refractivity contribution is 0.469. The van der Waals surface area contributed by atoms with Crippen LogP contribution in [0.25, 0.3) is 5.00 Å². The molecule has 1 N–H and O–H groups in total. The maximum absolute atomic E-state index is 5.14. The van der Waals surface area contributed by atoms with Crippen molar-refractivity contribution in [3.8, 4) is 5.00 Å². The fraction of sp³-hybridized carbons (Fsp3) is 0.350. The number of benzene rings is 1. The number of hydrogen-bond donors (Lipinski definition) is 1. The molecule has 0 saturated carbocycles. The first-order valence-corrected chi connectivity index (χ1v) is 9.71. The molecule has 5 nitrogen and oxygen atoms in total. The standard InChI is InChI=1S/C20H23N5S/c1-11(2)21-18-19-24-23-14(5)25(19)20-16(12(3)13(4)26-20)17(22-18)15-9-7-6-8-10-15/h6-11,18,21H,1-5H3/t18-/m1/s1. The molecule has 0 unspecified atom stereocenters. The van der Waals surface area contributed by atoms with Crippen molar-refractivity contribution >= 4 is 17.0 Å². The molecular weight excluding hydrogens is 342 g/mol. The smallest absolute Gasteiger partial charge is 0.178 e. The highest BCUT2D eigenvalue weighted by molar-refractivity contribution is 7.15. The lowest BCUT2D eigenvalue weighted by Gasteiger charge is -2.17. The molecule has 0 saturated heterocycles. The Hall–Kier alpha value is -2.31. The number of fused-ring (bicyclic) bond motifs is 3. The first kappa shape index (κ1) is 17.1. The third-order valence-electron chi connectivity index (χ3n) is 4.70. The highest BCUT2D eigenvalue weighted by Gasteiger charge is 2.31. The lowest BCUT2D eigenvalue weighted by atomic mass is 10.00. The number of aromatic nitrogens is 3. The third-order valence-corrected chi connectivity index (χ3v) is 5.89. The van der Waals surface area contributed by atoms with E-state index in [0.717, 1.165) is 27.9 Å². The van der Waals surface area contributed by atoms with Gasteiger partial charge in [0.15, 0.2) is 12.0 Å². The molecule has 0 bridgehead atoms. The van der Waals surface area contributed by atoms with Gasteiger partial charge in [-0.05, 0) is 40.2 Å². The fourth-order valence-corrected chi connectivity index (χ4v) is 4.56. The van der Waals surface area contributed by atoms with Gasteiger partial charge in [-0.1, -0.05) is 30.3 Å². The Morgan fingerprint density at radius 2 is 1.81 bits per heavy atom. The van der Waals surface area contributed by atoms with Crippen LogP contribution < -0.4 is 5.32 Å². The zero-order valence-corrected chi connectivity index (χ0v) is 16.6. The number of nitrogens with one attached hydrogen (secondary N) is 1. The van der Waals surface area contributed by atoms with Crippen LogP contribution in [0, 0.1) is 20.8 Å². The molecule has 0 amide bonds. The van der Waals surface area contributed by atoms with Gasteiger partial charge in [-0.15, -0.1) is 21.5 Å². The SMILES string of the molecule is Cc1sc2c(c1C)C(c1ccccc1)=N[C@@H](NC(C)C)c1nnc(C)n1-2. The summed E-state index contributed by atoms with van der Waals surface area (Å²) in [7, 11) is 0.